The summed E-state index contributed by atoms with van der Waals surface area (Å²) in [6.45, 7) is 2.07. The smallest absolute Gasteiger partial charge is 0.128 e. The van der Waals surface area contributed by atoms with Crippen LogP contribution in [0.15, 0.2) is 53.4 Å². The maximum atomic E-state index is 13.6. The molecule has 0 saturated heterocycles. The van der Waals surface area contributed by atoms with Crippen molar-refractivity contribution in [1.29, 1.82) is 0 Å². The van der Waals surface area contributed by atoms with E-state index in [1.165, 1.54) is 16.5 Å². The first-order valence-electron chi connectivity index (χ1n) is 5.87. The Morgan fingerprint density at radius 2 is 1.78 bits per heavy atom. The summed E-state index contributed by atoms with van der Waals surface area (Å²) in [6, 6.07) is 14.6. The number of halogens is 1. The Bertz CT molecular complexity index is 527. The van der Waals surface area contributed by atoms with Gasteiger partial charge in [0, 0.05) is 22.3 Å². The van der Waals surface area contributed by atoms with E-state index in [-0.39, 0.29) is 11.9 Å². The number of hydrogen-bond donors (Lipinski definition) is 1. The molecule has 0 aliphatic carbocycles. The fourth-order valence-electron chi connectivity index (χ4n) is 1.76. The van der Waals surface area contributed by atoms with Crippen LogP contribution in [-0.2, 0) is 0 Å². The summed E-state index contributed by atoms with van der Waals surface area (Å²) in [6.07, 6.45) is 0. The average Bonchev–Trinajstić information content (AvgIpc) is 2.38. The maximum absolute atomic E-state index is 13.6. The predicted molar refractivity (Wildman–Crippen MR) is 75.2 cm³/mol. The van der Waals surface area contributed by atoms with Crippen molar-refractivity contribution in [1.82, 2.24) is 0 Å². The van der Waals surface area contributed by atoms with Gasteiger partial charge in [-0.2, -0.15) is 0 Å². The Kier molecular flexibility index (Phi) is 4.39. The summed E-state index contributed by atoms with van der Waals surface area (Å²) in [4.78, 5) is 1.20. The molecule has 2 aromatic rings. The summed E-state index contributed by atoms with van der Waals surface area (Å²) in [5, 5.41) is 0. The Balaban J connectivity index is 2.03. The van der Waals surface area contributed by atoms with Crippen molar-refractivity contribution in [3.63, 3.8) is 0 Å². The van der Waals surface area contributed by atoms with Gasteiger partial charge in [0.25, 0.3) is 0 Å². The minimum absolute atomic E-state index is 0.226. The molecule has 2 N–H and O–H groups in total. The van der Waals surface area contributed by atoms with Gasteiger partial charge in [-0.15, -0.1) is 11.8 Å². The number of benzene rings is 2. The van der Waals surface area contributed by atoms with Gasteiger partial charge in [0.2, 0.25) is 0 Å². The first kappa shape index (κ1) is 13.1. The van der Waals surface area contributed by atoms with Gasteiger partial charge < -0.3 is 5.73 Å². The number of aryl methyl sites for hydroxylation is 1. The molecule has 0 aliphatic rings. The molecule has 2 aromatic carbocycles. The van der Waals surface area contributed by atoms with E-state index in [1.54, 1.807) is 23.9 Å². The van der Waals surface area contributed by atoms with E-state index in [4.69, 9.17) is 5.73 Å². The summed E-state index contributed by atoms with van der Waals surface area (Å²) >= 11 is 1.67. The van der Waals surface area contributed by atoms with Gasteiger partial charge in [-0.3, -0.25) is 0 Å². The highest BCUT2D eigenvalue weighted by Crippen LogP contribution is 2.26. The van der Waals surface area contributed by atoms with Crippen LogP contribution in [-0.4, -0.2) is 5.75 Å². The van der Waals surface area contributed by atoms with Gasteiger partial charge in [0.15, 0.2) is 0 Å². The highest BCUT2D eigenvalue weighted by Gasteiger charge is 2.11. The highest BCUT2D eigenvalue weighted by atomic mass is 32.2. The Morgan fingerprint density at radius 3 is 2.50 bits per heavy atom. The van der Waals surface area contributed by atoms with Gasteiger partial charge in [0.1, 0.15) is 5.82 Å². The molecule has 0 radical (unpaired) electrons. The van der Waals surface area contributed by atoms with E-state index in [2.05, 4.69) is 19.1 Å². The van der Waals surface area contributed by atoms with Gasteiger partial charge >= 0.3 is 0 Å². The van der Waals surface area contributed by atoms with Crippen LogP contribution in [0, 0.1) is 12.7 Å². The lowest BCUT2D eigenvalue weighted by Gasteiger charge is -2.13. The van der Waals surface area contributed by atoms with Crippen LogP contribution < -0.4 is 5.73 Å². The molecule has 0 spiro atoms. The standard InChI is InChI=1S/C15H16FNS/c1-11-6-2-5-9-15(11)18-10-14(17)12-7-3-4-8-13(12)16/h2-9,14H,10,17H2,1H3. The second-order valence-corrected chi connectivity index (χ2v) is 5.27. The van der Waals surface area contributed by atoms with Crippen molar-refractivity contribution in [2.45, 2.75) is 17.9 Å². The first-order valence-corrected chi connectivity index (χ1v) is 6.85. The normalized spacial score (nSPS) is 12.4. The number of nitrogens with two attached hydrogens (primary N) is 1. The fourth-order valence-corrected chi connectivity index (χ4v) is 2.77. The number of thioether (sulfide) groups is 1. The Morgan fingerprint density at radius 1 is 1.11 bits per heavy atom. The van der Waals surface area contributed by atoms with Crippen molar-refractivity contribution in [3.05, 3.63) is 65.5 Å². The summed E-state index contributed by atoms with van der Waals surface area (Å²) in [5.74, 6) is 0.446. The molecule has 0 amide bonds. The van der Waals surface area contributed by atoms with Crippen molar-refractivity contribution in [3.8, 4) is 0 Å². The monoisotopic (exact) mass is 261 g/mol. The summed E-state index contributed by atoms with van der Waals surface area (Å²) in [7, 11) is 0. The quantitative estimate of drug-likeness (QED) is 0.844. The van der Waals surface area contributed by atoms with E-state index in [0.29, 0.717) is 11.3 Å². The molecule has 0 heterocycles. The zero-order valence-electron chi connectivity index (χ0n) is 10.3. The first-order chi connectivity index (χ1) is 8.68. The number of rotatable bonds is 4. The molecule has 2 rings (SSSR count). The van der Waals surface area contributed by atoms with Gasteiger partial charge in [-0.1, -0.05) is 36.4 Å². The van der Waals surface area contributed by atoms with Crippen LogP contribution in [0.5, 0.6) is 0 Å². The van der Waals surface area contributed by atoms with E-state index in [9.17, 15) is 4.39 Å². The third-order valence-electron chi connectivity index (χ3n) is 2.82. The lowest BCUT2D eigenvalue weighted by Crippen LogP contribution is -2.14. The zero-order valence-corrected chi connectivity index (χ0v) is 11.1. The molecule has 1 unspecified atom stereocenters. The fraction of sp³-hybridized carbons (Fsp3) is 0.200. The topological polar surface area (TPSA) is 26.0 Å². The van der Waals surface area contributed by atoms with Crippen molar-refractivity contribution >= 4 is 11.8 Å². The van der Waals surface area contributed by atoms with E-state index in [0.717, 1.165) is 0 Å². The van der Waals surface area contributed by atoms with E-state index in [1.807, 2.05) is 18.2 Å². The second kappa shape index (κ2) is 6.03. The molecule has 0 fully saturated rings. The van der Waals surface area contributed by atoms with Crippen molar-refractivity contribution in [2.75, 3.05) is 5.75 Å². The third kappa shape index (κ3) is 3.12. The second-order valence-electron chi connectivity index (χ2n) is 4.20. The molecule has 3 heteroatoms. The van der Waals surface area contributed by atoms with Crippen molar-refractivity contribution < 1.29 is 4.39 Å². The Hall–Kier alpha value is -1.32. The predicted octanol–water partition coefficient (Wildman–Crippen LogP) is 3.93. The largest absolute Gasteiger partial charge is 0.323 e. The van der Waals surface area contributed by atoms with Crippen LogP contribution >= 0.6 is 11.8 Å². The van der Waals surface area contributed by atoms with Crippen LogP contribution in [0.25, 0.3) is 0 Å². The van der Waals surface area contributed by atoms with E-state index >= 15 is 0 Å². The van der Waals surface area contributed by atoms with Gasteiger partial charge in [-0.25, -0.2) is 4.39 Å². The zero-order chi connectivity index (χ0) is 13.0. The molecule has 1 atom stereocenters. The average molecular weight is 261 g/mol. The molecule has 0 aromatic heterocycles. The third-order valence-corrected chi connectivity index (χ3v) is 4.11. The molecular formula is C15H16FNS. The number of hydrogen-bond acceptors (Lipinski definition) is 2. The van der Waals surface area contributed by atoms with Crippen LogP contribution in [0.1, 0.15) is 17.2 Å². The molecule has 0 bridgehead atoms. The van der Waals surface area contributed by atoms with Gasteiger partial charge in [0.05, 0.1) is 0 Å². The van der Waals surface area contributed by atoms with Crippen molar-refractivity contribution in [2.24, 2.45) is 5.73 Å². The summed E-state index contributed by atoms with van der Waals surface area (Å²) in [5.41, 5.74) is 7.84. The van der Waals surface area contributed by atoms with Crippen LogP contribution in [0.2, 0.25) is 0 Å². The lowest BCUT2D eigenvalue weighted by atomic mass is 10.1. The van der Waals surface area contributed by atoms with Gasteiger partial charge in [-0.05, 0) is 24.6 Å². The molecule has 0 aliphatic heterocycles. The molecule has 94 valence electrons. The molecule has 0 saturated carbocycles. The van der Waals surface area contributed by atoms with Crippen LogP contribution in [0.3, 0.4) is 0 Å². The summed E-state index contributed by atoms with van der Waals surface area (Å²) < 4.78 is 13.6. The van der Waals surface area contributed by atoms with E-state index < -0.39 is 0 Å². The molecular weight excluding hydrogens is 245 g/mol. The maximum Gasteiger partial charge on any atom is 0.128 e. The highest BCUT2D eigenvalue weighted by molar-refractivity contribution is 7.99. The SMILES string of the molecule is Cc1ccccc1SCC(N)c1ccccc1F. The molecule has 18 heavy (non-hydrogen) atoms. The minimum atomic E-state index is -0.282. The molecule has 1 nitrogen and oxygen atoms in total. The lowest BCUT2D eigenvalue weighted by molar-refractivity contribution is 0.595. The van der Waals surface area contributed by atoms with Crippen LogP contribution in [0.4, 0.5) is 4.39 Å². The Labute approximate surface area is 111 Å². The minimum Gasteiger partial charge on any atom is -0.323 e.